The van der Waals surface area contributed by atoms with Crippen molar-refractivity contribution in [2.24, 2.45) is 0 Å². The van der Waals surface area contributed by atoms with Crippen molar-refractivity contribution in [1.29, 1.82) is 0 Å². The van der Waals surface area contributed by atoms with Gasteiger partial charge >= 0.3 is 5.97 Å². The van der Waals surface area contributed by atoms with Gasteiger partial charge in [0.05, 0.1) is 11.8 Å². The van der Waals surface area contributed by atoms with Gasteiger partial charge in [-0.05, 0) is 17.5 Å². The molecule has 0 spiro atoms. The third kappa shape index (κ3) is 2.46. The zero-order valence-electron chi connectivity index (χ0n) is 10.6. The summed E-state index contributed by atoms with van der Waals surface area (Å²) in [7, 11) is 0. The molecule has 0 radical (unpaired) electrons. The number of carboxylic acids is 1. The number of rotatable bonds is 3. The molecule has 104 valence electrons. The zero-order valence-corrected chi connectivity index (χ0v) is 11.4. The fourth-order valence-corrected chi connectivity index (χ4v) is 2.52. The van der Waals surface area contributed by atoms with E-state index in [2.05, 4.69) is 14.9 Å². The average Bonchev–Trinajstić information content (AvgIpc) is 2.98. The van der Waals surface area contributed by atoms with Crippen molar-refractivity contribution in [2.45, 2.75) is 0 Å². The van der Waals surface area contributed by atoms with E-state index in [4.69, 9.17) is 0 Å². The second kappa shape index (κ2) is 5.29. The van der Waals surface area contributed by atoms with E-state index in [1.165, 1.54) is 12.3 Å². The third-order valence-corrected chi connectivity index (χ3v) is 3.56. The maximum absolute atomic E-state index is 12.3. The lowest BCUT2D eigenvalue weighted by Crippen LogP contribution is -2.13. The van der Waals surface area contributed by atoms with Gasteiger partial charge in [-0.3, -0.25) is 4.79 Å². The number of nitrogens with zero attached hydrogens (tertiary/aromatic N) is 2. The van der Waals surface area contributed by atoms with Crippen LogP contribution < -0.4 is 5.32 Å². The summed E-state index contributed by atoms with van der Waals surface area (Å²) in [5, 5.41) is 17.2. The van der Waals surface area contributed by atoms with Crippen LogP contribution in [0.1, 0.15) is 20.7 Å². The molecular formula is C14H9N3O3S. The van der Waals surface area contributed by atoms with E-state index in [0.29, 0.717) is 21.3 Å². The van der Waals surface area contributed by atoms with Crippen molar-refractivity contribution in [3.63, 3.8) is 0 Å². The predicted molar refractivity (Wildman–Crippen MR) is 78.8 cm³/mol. The topological polar surface area (TPSA) is 92.2 Å². The van der Waals surface area contributed by atoms with Gasteiger partial charge in [-0.25, -0.2) is 4.79 Å². The molecule has 3 aromatic rings. The number of amides is 1. The lowest BCUT2D eigenvalue weighted by molar-refractivity contribution is 0.0699. The summed E-state index contributed by atoms with van der Waals surface area (Å²) in [5.41, 5.74) is 0.402. The molecule has 0 bridgehead atoms. The number of nitrogens with one attached hydrogen (secondary N) is 1. The Labute approximate surface area is 123 Å². The predicted octanol–water partition coefficient (Wildman–Crippen LogP) is 2.64. The number of carboxylic acid groups (broad SMARTS) is 1. The van der Waals surface area contributed by atoms with Crippen LogP contribution in [0.25, 0.3) is 10.8 Å². The summed E-state index contributed by atoms with van der Waals surface area (Å²) >= 11 is 1.05. The summed E-state index contributed by atoms with van der Waals surface area (Å²) in [4.78, 5) is 23.7. The number of carbonyl (C=O) groups is 2. The van der Waals surface area contributed by atoms with Gasteiger partial charge < -0.3 is 10.4 Å². The van der Waals surface area contributed by atoms with Gasteiger partial charge in [0.2, 0.25) is 0 Å². The minimum atomic E-state index is -1.07. The molecule has 0 aliphatic heterocycles. The Kier molecular flexibility index (Phi) is 3.33. The summed E-state index contributed by atoms with van der Waals surface area (Å²) < 4.78 is 3.66. The Balaban J connectivity index is 2.13. The first-order chi connectivity index (χ1) is 10.2. The molecule has 0 aliphatic carbocycles. The summed E-state index contributed by atoms with van der Waals surface area (Å²) in [6, 6.07) is 9.99. The van der Waals surface area contributed by atoms with E-state index in [1.54, 1.807) is 30.3 Å². The van der Waals surface area contributed by atoms with Gasteiger partial charge in [0.25, 0.3) is 5.91 Å². The minimum absolute atomic E-state index is 0.0979. The lowest BCUT2D eigenvalue weighted by atomic mass is 9.99. The van der Waals surface area contributed by atoms with E-state index in [-0.39, 0.29) is 11.5 Å². The minimum Gasteiger partial charge on any atom is -0.478 e. The van der Waals surface area contributed by atoms with Crippen molar-refractivity contribution >= 4 is 39.2 Å². The molecule has 2 N–H and O–H groups in total. The number of anilines is 1. The third-order valence-electron chi connectivity index (χ3n) is 2.98. The Morgan fingerprint density at radius 3 is 2.43 bits per heavy atom. The van der Waals surface area contributed by atoms with E-state index >= 15 is 0 Å². The van der Waals surface area contributed by atoms with Crippen LogP contribution in [-0.2, 0) is 0 Å². The van der Waals surface area contributed by atoms with Crippen LogP contribution in [0.3, 0.4) is 0 Å². The van der Waals surface area contributed by atoms with Crippen LogP contribution in [0, 0.1) is 0 Å². The molecule has 0 aliphatic rings. The van der Waals surface area contributed by atoms with Crippen LogP contribution in [0.2, 0.25) is 0 Å². The second-order valence-electron chi connectivity index (χ2n) is 4.25. The number of hydrogen-bond acceptors (Lipinski definition) is 5. The number of aromatic carboxylic acids is 1. The smallest absolute Gasteiger partial charge is 0.336 e. The van der Waals surface area contributed by atoms with Gasteiger partial charge in [0, 0.05) is 22.5 Å². The molecule has 0 atom stereocenters. The summed E-state index contributed by atoms with van der Waals surface area (Å²) in [6.07, 6.45) is 1.44. The first-order valence-corrected chi connectivity index (χ1v) is 6.78. The SMILES string of the molecule is O=C(O)c1cccc2cccc(C(=O)Nc3cnns3)c12. The summed E-state index contributed by atoms with van der Waals surface area (Å²) in [6.45, 7) is 0. The Morgan fingerprint density at radius 2 is 1.81 bits per heavy atom. The van der Waals surface area contributed by atoms with Crippen LogP contribution in [0.4, 0.5) is 5.00 Å². The Morgan fingerprint density at radius 1 is 1.10 bits per heavy atom. The van der Waals surface area contributed by atoms with Crippen LogP contribution >= 0.6 is 11.5 Å². The van der Waals surface area contributed by atoms with Crippen molar-refractivity contribution in [2.75, 3.05) is 5.32 Å². The molecule has 21 heavy (non-hydrogen) atoms. The van der Waals surface area contributed by atoms with E-state index in [0.717, 1.165) is 11.5 Å². The fraction of sp³-hybridized carbons (Fsp3) is 0. The molecule has 0 fully saturated rings. The number of hydrogen-bond donors (Lipinski definition) is 2. The highest BCUT2D eigenvalue weighted by Gasteiger charge is 2.16. The molecule has 0 saturated carbocycles. The van der Waals surface area contributed by atoms with Gasteiger partial charge in [-0.2, -0.15) is 0 Å². The van der Waals surface area contributed by atoms with Gasteiger partial charge in [0.1, 0.15) is 5.00 Å². The number of fused-ring (bicyclic) bond motifs is 1. The molecule has 1 amide bonds. The first kappa shape index (κ1) is 13.2. The van der Waals surface area contributed by atoms with Crippen molar-refractivity contribution in [3.05, 3.63) is 53.7 Å². The Hall–Kier alpha value is -2.80. The van der Waals surface area contributed by atoms with E-state index < -0.39 is 5.97 Å². The van der Waals surface area contributed by atoms with Crippen LogP contribution in [0.15, 0.2) is 42.6 Å². The van der Waals surface area contributed by atoms with Crippen LogP contribution in [0.5, 0.6) is 0 Å². The number of carbonyl (C=O) groups excluding carboxylic acids is 1. The molecule has 0 saturated heterocycles. The highest BCUT2D eigenvalue weighted by atomic mass is 32.1. The molecule has 1 heterocycles. The van der Waals surface area contributed by atoms with Gasteiger partial charge in [-0.1, -0.05) is 28.8 Å². The molecular weight excluding hydrogens is 290 g/mol. The second-order valence-corrected chi connectivity index (χ2v) is 5.04. The monoisotopic (exact) mass is 299 g/mol. The maximum atomic E-state index is 12.3. The van der Waals surface area contributed by atoms with Crippen molar-refractivity contribution < 1.29 is 14.7 Å². The van der Waals surface area contributed by atoms with E-state index in [1.807, 2.05) is 0 Å². The molecule has 3 rings (SSSR count). The normalized spacial score (nSPS) is 10.5. The van der Waals surface area contributed by atoms with Gasteiger partial charge in [-0.15, -0.1) is 5.10 Å². The average molecular weight is 299 g/mol. The number of benzene rings is 2. The lowest BCUT2D eigenvalue weighted by Gasteiger charge is -2.08. The van der Waals surface area contributed by atoms with Gasteiger partial charge in [0.15, 0.2) is 0 Å². The summed E-state index contributed by atoms with van der Waals surface area (Å²) in [5.74, 6) is -1.46. The zero-order chi connectivity index (χ0) is 14.8. The first-order valence-electron chi connectivity index (χ1n) is 6.00. The molecule has 2 aromatic carbocycles. The van der Waals surface area contributed by atoms with E-state index in [9.17, 15) is 14.7 Å². The van der Waals surface area contributed by atoms with Crippen molar-refractivity contribution in [3.8, 4) is 0 Å². The van der Waals surface area contributed by atoms with Crippen molar-refractivity contribution in [1.82, 2.24) is 9.59 Å². The standard InChI is InChI=1S/C14H9N3O3S/c18-13(16-11-7-15-17-21-11)9-5-1-3-8-4-2-6-10(12(8)9)14(19)20/h1-7H,(H,16,18)(H,19,20). The number of aromatic nitrogens is 2. The molecule has 0 unspecified atom stereocenters. The Bertz CT molecular complexity index is 825. The highest BCUT2D eigenvalue weighted by Crippen LogP contribution is 2.24. The highest BCUT2D eigenvalue weighted by molar-refractivity contribution is 7.10. The molecule has 7 heteroatoms. The molecule has 6 nitrogen and oxygen atoms in total. The quantitative estimate of drug-likeness (QED) is 0.775. The maximum Gasteiger partial charge on any atom is 0.336 e. The fourth-order valence-electron chi connectivity index (χ4n) is 2.11. The van der Waals surface area contributed by atoms with Crippen LogP contribution in [-0.4, -0.2) is 26.6 Å². The molecule has 1 aromatic heterocycles. The largest absolute Gasteiger partial charge is 0.478 e.